The molecule has 21 heavy (non-hydrogen) atoms. The molecule has 0 bridgehead atoms. The first-order valence-corrected chi connectivity index (χ1v) is 7.94. The van der Waals surface area contributed by atoms with Gasteiger partial charge in [0.1, 0.15) is 5.75 Å². The third-order valence-electron chi connectivity index (χ3n) is 4.80. The normalized spacial score (nSPS) is 17.8. The Morgan fingerprint density at radius 3 is 2.38 bits per heavy atom. The summed E-state index contributed by atoms with van der Waals surface area (Å²) in [5, 5.41) is 0. The van der Waals surface area contributed by atoms with E-state index < -0.39 is 0 Å². The predicted molar refractivity (Wildman–Crippen MR) is 84.8 cm³/mol. The minimum atomic E-state index is -0.0388. The van der Waals surface area contributed by atoms with E-state index >= 15 is 0 Å². The Labute approximate surface area is 125 Å². The maximum Gasteiger partial charge on any atom is 0.122 e. The van der Waals surface area contributed by atoms with E-state index in [4.69, 9.17) is 10.5 Å². The fourth-order valence-corrected chi connectivity index (χ4v) is 3.54. The average molecular weight is 279 g/mol. The Kier molecular flexibility index (Phi) is 3.19. The highest BCUT2D eigenvalue weighted by atomic mass is 16.5. The molecule has 2 aromatic carbocycles. The molecule has 0 radical (unpaired) electrons. The van der Waals surface area contributed by atoms with Gasteiger partial charge in [-0.15, -0.1) is 0 Å². The van der Waals surface area contributed by atoms with E-state index in [0.717, 1.165) is 18.8 Å². The number of nitrogens with two attached hydrogens (primary N) is 1. The molecule has 2 heteroatoms. The van der Waals surface area contributed by atoms with E-state index in [1.54, 1.807) is 0 Å². The molecule has 0 amide bonds. The lowest BCUT2D eigenvalue weighted by Crippen LogP contribution is -2.13. The molecule has 0 spiro atoms. The van der Waals surface area contributed by atoms with Gasteiger partial charge < -0.3 is 10.5 Å². The molecule has 1 atom stereocenters. The van der Waals surface area contributed by atoms with Crippen molar-refractivity contribution in [2.24, 2.45) is 5.73 Å². The van der Waals surface area contributed by atoms with Gasteiger partial charge in [-0.25, -0.2) is 0 Å². The molecule has 2 aliphatic rings. The molecule has 2 nitrogen and oxygen atoms in total. The van der Waals surface area contributed by atoms with Gasteiger partial charge in [0.05, 0.1) is 12.6 Å². The first-order valence-electron chi connectivity index (χ1n) is 7.94. The number of fused-ring (bicyclic) bond motifs is 2. The molecule has 1 unspecified atom stereocenters. The Hall–Kier alpha value is -1.80. The van der Waals surface area contributed by atoms with E-state index in [1.165, 1.54) is 53.5 Å². The van der Waals surface area contributed by atoms with Crippen LogP contribution in [-0.2, 0) is 19.3 Å². The molecule has 0 saturated heterocycles. The lowest BCUT2D eigenvalue weighted by atomic mass is 9.88. The number of aryl methyl sites for hydroxylation is 2. The maximum atomic E-state index is 6.50. The van der Waals surface area contributed by atoms with Gasteiger partial charge >= 0.3 is 0 Å². The molecule has 0 saturated carbocycles. The molecule has 108 valence electrons. The van der Waals surface area contributed by atoms with Gasteiger partial charge in [-0.3, -0.25) is 0 Å². The quantitative estimate of drug-likeness (QED) is 0.912. The van der Waals surface area contributed by atoms with Crippen LogP contribution >= 0.6 is 0 Å². The minimum absolute atomic E-state index is 0.0388. The lowest BCUT2D eigenvalue weighted by Gasteiger charge is -2.19. The summed E-state index contributed by atoms with van der Waals surface area (Å²) >= 11 is 0. The van der Waals surface area contributed by atoms with Crippen LogP contribution in [0.15, 0.2) is 36.4 Å². The highest BCUT2D eigenvalue weighted by Gasteiger charge is 2.17. The van der Waals surface area contributed by atoms with E-state index in [-0.39, 0.29) is 6.04 Å². The standard InChI is InChI=1S/C19H21NO/c20-19(17-7-8-18-15(12-17)9-10-21-18)16-6-5-13-3-1-2-4-14(13)11-16/h5-8,11-12,19H,1-4,9-10,20H2. The maximum absolute atomic E-state index is 6.50. The van der Waals surface area contributed by atoms with Gasteiger partial charge in [0.15, 0.2) is 0 Å². The molecular formula is C19H21NO. The van der Waals surface area contributed by atoms with Gasteiger partial charge in [0, 0.05) is 6.42 Å². The summed E-state index contributed by atoms with van der Waals surface area (Å²) in [4.78, 5) is 0. The summed E-state index contributed by atoms with van der Waals surface area (Å²) in [6.07, 6.45) is 6.06. The zero-order valence-electron chi connectivity index (χ0n) is 12.3. The summed E-state index contributed by atoms with van der Waals surface area (Å²) < 4.78 is 5.57. The molecule has 2 N–H and O–H groups in total. The second-order valence-corrected chi connectivity index (χ2v) is 6.18. The molecule has 1 aliphatic carbocycles. The van der Waals surface area contributed by atoms with Gasteiger partial charge in [0.25, 0.3) is 0 Å². The van der Waals surface area contributed by atoms with Crippen LogP contribution < -0.4 is 10.5 Å². The van der Waals surface area contributed by atoms with Crippen molar-refractivity contribution < 1.29 is 4.74 Å². The van der Waals surface area contributed by atoms with Crippen molar-refractivity contribution in [2.45, 2.75) is 38.1 Å². The zero-order chi connectivity index (χ0) is 14.2. The van der Waals surface area contributed by atoms with Crippen molar-refractivity contribution in [2.75, 3.05) is 6.61 Å². The first-order chi connectivity index (χ1) is 10.3. The largest absolute Gasteiger partial charge is 0.493 e. The minimum Gasteiger partial charge on any atom is -0.493 e. The topological polar surface area (TPSA) is 35.2 Å². The molecule has 1 heterocycles. The van der Waals surface area contributed by atoms with Crippen LogP contribution in [0.3, 0.4) is 0 Å². The van der Waals surface area contributed by atoms with Crippen molar-refractivity contribution in [1.82, 2.24) is 0 Å². The van der Waals surface area contributed by atoms with Crippen LogP contribution in [0.25, 0.3) is 0 Å². The van der Waals surface area contributed by atoms with Gasteiger partial charge in [-0.1, -0.05) is 30.3 Å². The van der Waals surface area contributed by atoms with Crippen LogP contribution in [0.4, 0.5) is 0 Å². The Bertz CT molecular complexity index is 677. The van der Waals surface area contributed by atoms with Crippen molar-refractivity contribution in [3.05, 3.63) is 64.2 Å². The molecular weight excluding hydrogens is 258 g/mol. The molecule has 1 aliphatic heterocycles. The summed E-state index contributed by atoms with van der Waals surface area (Å²) in [6, 6.07) is 13.2. The molecule has 0 fully saturated rings. The monoisotopic (exact) mass is 279 g/mol. The molecule has 4 rings (SSSR count). The SMILES string of the molecule is NC(c1ccc2c(c1)CCCC2)c1ccc2c(c1)CCO2. The fraction of sp³-hybridized carbons (Fsp3) is 0.368. The smallest absolute Gasteiger partial charge is 0.122 e. The summed E-state index contributed by atoms with van der Waals surface area (Å²) in [6.45, 7) is 0.798. The van der Waals surface area contributed by atoms with Crippen molar-refractivity contribution in [3.8, 4) is 5.75 Å². The van der Waals surface area contributed by atoms with Gasteiger partial charge in [-0.05, 0) is 59.6 Å². The van der Waals surface area contributed by atoms with Crippen molar-refractivity contribution in [1.29, 1.82) is 0 Å². The summed E-state index contributed by atoms with van der Waals surface area (Å²) in [7, 11) is 0. The van der Waals surface area contributed by atoms with Crippen LogP contribution in [0.5, 0.6) is 5.75 Å². The van der Waals surface area contributed by atoms with Gasteiger partial charge in [-0.2, -0.15) is 0 Å². The van der Waals surface area contributed by atoms with E-state index in [1.807, 2.05) is 0 Å². The Morgan fingerprint density at radius 2 is 1.52 bits per heavy atom. The molecule has 0 aromatic heterocycles. The fourth-order valence-electron chi connectivity index (χ4n) is 3.54. The third-order valence-corrected chi connectivity index (χ3v) is 4.80. The highest BCUT2D eigenvalue weighted by molar-refractivity contribution is 5.44. The third kappa shape index (κ3) is 2.34. The summed E-state index contributed by atoms with van der Waals surface area (Å²) in [5.41, 5.74) is 13.2. The Balaban J connectivity index is 1.66. The molecule has 2 aromatic rings. The predicted octanol–water partition coefficient (Wildman–Crippen LogP) is 3.55. The van der Waals surface area contributed by atoms with E-state index in [0.29, 0.717) is 0 Å². The average Bonchev–Trinajstić information content (AvgIpc) is 3.01. The number of hydrogen-bond acceptors (Lipinski definition) is 2. The first kappa shape index (κ1) is 12.9. The second-order valence-electron chi connectivity index (χ2n) is 6.18. The van der Waals surface area contributed by atoms with Gasteiger partial charge in [0.2, 0.25) is 0 Å². The van der Waals surface area contributed by atoms with E-state index in [9.17, 15) is 0 Å². The van der Waals surface area contributed by atoms with Crippen LogP contribution in [0.2, 0.25) is 0 Å². The lowest BCUT2D eigenvalue weighted by molar-refractivity contribution is 0.357. The summed E-state index contributed by atoms with van der Waals surface area (Å²) in [5.74, 6) is 1.02. The Morgan fingerprint density at radius 1 is 0.810 bits per heavy atom. The van der Waals surface area contributed by atoms with Crippen LogP contribution in [-0.4, -0.2) is 6.61 Å². The highest BCUT2D eigenvalue weighted by Crippen LogP contribution is 2.31. The number of benzene rings is 2. The van der Waals surface area contributed by atoms with Crippen molar-refractivity contribution in [3.63, 3.8) is 0 Å². The zero-order valence-corrected chi connectivity index (χ0v) is 12.3. The number of hydrogen-bond donors (Lipinski definition) is 1. The number of rotatable bonds is 2. The number of ether oxygens (including phenoxy) is 1. The second kappa shape index (κ2) is 5.19. The van der Waals surface area contributed by atoms with Crippen LogP contribution in [0.1, 0.15) is 46.7 Å². The van der Waals surface area contributed by atoms with Crippen molar-refractivity contribution >= 4 is 0 Å². The van der Waals surface area contributed by atoms with E-state index in [2.05, 4.69) is 36.4 Å². The van der Waals surface area contributed by atoms with Crippen LogP contribution in [0, 0.1) is 0 Å².